The normalized spacial score (nSPS) is 11.9. The van der Waals surface area contributed by atoms with Crippen molar-refractivity contribution in [1.29, 1.82) is 0 Å². The van der Waals surface area contributed by atoms with Crippen molar-refractivity contribution >= 4 is 23.2 Å². The molecule has 0 fully saturated rings. The second-order valence-corrected chi connectivity index (χ2v) is 5.71. The highest BCUT2D eigenvalue weighted by atomic mass is 32.1. The lowest BCUT2D eigenvalue weighted by molar-refractivity contribution is -0.139. The molecule has 0 bridgehead atoms. The van der Waals surface area contributed by atoms with Gasteiger partial charge in [0.1, 0.15) is 16.7 Å². The smallest absolute Gasteiger partial charge is 0.326 e. The molecule has 2 rings (SSSR count). The number of benzene rings is 1. The van der Waals surface area contributed by atoms with Crippen LogP contribution in [0.2, 0.25) is 0 Å². The Morgan fingerprint density at radius 3 is 2.52 bits per heavy atom. The van der Waals surface area contributed by atoms with Crippen molar-refractivity contribution in [1.82, 2.24) is 10.3 Å². The molecular formula is C14H14N2O4S. The molecule has 0 saturated heterocycles. The number of aryl methyl sites for hydroxylation is 1. The highest BCUT2D eigenvalue weighted by Gasteiger charge is 2.22. The first-order valence-electron chi connectivity index (χ1n) is 6.19. The van der Waals surface area contributed by atoms with Crippen LogP contribution in [0.25, 0.3) is 0 Å². The van der Waals surface area contributed by atoms with E-state index in [0.717, 1.165) is 5.01 Å². The lowest BCUT2D eigenvalue weighted by Crippen LogP contribution is -2.42. The Morgan fingerprint density at radius 1 is 1.33 bits per heavy atom. The summed E-state index contributed by atoms with van der Waals surface area (Å²) in [5.74, 6) is -1.46. The molecule has 1 heterocycles. The molecular weight excluding hydrogens is 292 g/mol. The highest BCUT2D eigenvalue weighted by Crippen LogP contribution is 2.14. The summed E-state index contributed by atoms with van der Waals surface area (Å²) in [6.45, 7) is 1.77. The Morgan fingerprint density at radius 2 is 2.00 bits per heavy atom. The zero-order chi connectivity index (χ0) is 15.4. The topological polar surface area (TPSA) is 99.5 Å². The summed E-state index contributed by atoms with van der Waals surface area (Å²) in [7, 11) is 0. The maximum Gasteiger partial charge on any atom is 0.326 e. The molecule has 3 N–H and O–H groups in total. The number of phenols is 1. The molecule has 0 aliphatic rings. The number of carboxylic acids is 1. The van der Waals surface area contributed by atoms with Crippen molar-refractivity contribution in [3.63, 3.8) is 0 Å². The lowest BCUT2D eigenvalue weighted by Gasteiger charge is -2.14. The van der Waals surface area contributed by atoms with Crippen molar-refractivity contribution in [2.45, 2.75) is 19.4 Å². The zero-order valence-electron chi connectivity index (χ0n) is 11.2. The number of aromatic hydroxyl groups is 1. The van der Waals surface area contributed by atoms with Crippen molar-refractivity contribution in [2.24, 2.45) is 0 Å². The number of amides is 1. The van der Waals surface area contributed by atoms with E-state index in [0.29, 0.717) is 10.4 Å². The van der Waals surface area contributed by atoms with Crippen molar-refractivity contribution in [3.05, 3.63) is 45.9 Å². The fourth-order valence-corrected chi connectivity index (χ4v) is 2.44. The van der Waals surface area contributed by atoms with Crippen LogP contribution in [0.4, 0.5) is 0 Å². The zero-order valence-corrected chi connectivity index (χ0v) is 12.1. The number of carbonyl (C=O) groups excluding carboxylic acids is 1. The first kappa shape index (κ1) is 15.0. The van der Waals surface area contributed by atoms with Gasteiger partial charge in [-0.3, -0.25) is 4.79 Å². The first-order chi connectivity index (χ1) is 9.95. The Balaban J connectivity index is 2.07. The number of nitrogens with one attached hydrogen (secondary N) is 1. The van der Waals surface area contributed by atoms with Gasteiger partial charge in [0, 0.05) is 6.42 Å². The summed E-state index contributed by atoms with van der Waals surface area (Å²) >= 11 is 1.21. The van der Waals surface area contributed by atoms with Crippen LogP contribution >= 0.6 is 11.3 Å². The van der Waals surface area contributed by atoms with Gasteiger partial charge >= 0.3 is 5.97 Å². The second-order valence-electron chi connectivity index (χ2n) is 4.48. The van der Waals surface area contributed by atoms with Crippen LogP contribution in [0.5, 0.6) is 5.75 Å². The summed E-state index contributed by atoms with van der Waals surface area (Å²) in [5.41, 5.74) is 0.709. The quantitative estimate of drug-likeness (QED) is 0.779. The summed E-state index contributed by atoms with van der Waals surface area (Å²) in [6.07, 6.45) is 1.56. The van der Waals surface area contributed by atoms with Gasteiger partial charge in [0.05, 0.1) is 11.2 Å². The Hall–Kier alpha value is -2.41. The molecule has 0 radical (unpaired) electrons. The summed E-state index contributed by atoms with van der Waals surface area (Å²) in [5, 5.41) is 21.6. The highest BCUT2D eigenvalue weighted by molar-refractivity contribution is 7.13. The third kappa shape index (κ3) is 4.03. The molecule has 1 aromatic heterocycles. The fourth-order valence-electron chi connectivity index (χ4n) is 1.76. The van der Waals surface area contributed by atoms with Gasteiger partial charge in [-0.05, 0) is 24.6 Å². The number of carbonyl (C=O) groups is 2. The number of thiazole rings is 1. The minimum absolute atomic E-state index is 0.106. The predicted octanol–water partition coefficient (Wildman–Crippen LogP) is 1.58. The fraction of sp³-hybridized carbons (Fsp3) is 0.214. The summed E-state index contributed by atoms with van der Waals surface area (Å²) in [4.78, 5) is 27.6. The van der Waals surface area contributed by atoms with Crippen LogP contribution in [0.1, 0.15) is 20.2 Å². The van der Waals surface area contributed by atoms with Crippen LogP contribution in [-0.2, 0) is 11.2 Å². The maximum atomic E-state index is 12.0. The van der Waals surface area contributed by atoms with E-state index in [4.69, 9.17) is 0 Å². The number of aliphatic carboxylic acids is 1. The molecule has 0 aliphatic heterocycles. The molecule has 6 nitrogen and oxygen atoms in total. The van der Waals surface area contributed by atoms with E-state index in [1.807, 2.05) is 0 Å². The Kier molecular flexibility index (Phi) is 4.54. The minimum atomic E-state index is -1.11. The maximum absolute atomic E-state index is 12.0. The number of aromatic nitrogens is 1. The number of rotatable bonds is 5. The average Bonchev–Trinajstić information content (AvgIpc) is 2.87. The molecule has 1 aromatic carbocycles. The summed E-state index contributed by atoms with van der Waals surface area (Å²) in [6, 6.07) is 5.15. The molecule has 1 amide bonds. The minimum Gasteiger partial charge on any atom is -0.508 e. The average molecular weight is 306 g/mol. The summed E-state index contributed by atoms with van der Waals surface area (Å²) < 4.78 is 0. The number of hydrogen-bond donors (Lipinski definition) is 3. The molecule has 7 heteroatoms. The molecule has 21 heavy (non-hydrogen) atoms. The molecule has 2 aromatic rings. The van der Waals surface area contributed by atoms with Gasteiger partial charge in [-0.1, -0.05) is 12.1 Å². The van der Waals surface area contributed by atoms with Crippen molar-refractivity contribution in [3.8, 4) is 5.75 Å². The monoisotopic (exact) mass is 306 g/mol. The molecule has 0 spiro atoms. The SMILES string of the molecule is Cc1ncc(C(=O)N[C@H](Cc2ccc(O)cc2)C(=O)O)s1. The molecule has 1 atom stereocenters. The van der Waals surface area contributed by atoms with Gasteiger partial charge < -0.3 is 15.5 Å². The van der Waals surface area contributed by atoms with Gasteiger partial charge in [-0.25, -0.2) is 9.78 Å². The third-order valence-corrected chi connectivity index (χ3v) is 3.74. The van der Waals surface area contributed by atoms with Gasteiger partial charge in [-0.15, -0.1) is 11.3 Å². The number of carboxylic acid groups (broad SMARTS) is 1. The third-order valence-electron chi connectivity index (χ3n) is 2.82. The van der Waals surface area contributed by atoms with Crippen LogP contribution in [0.15, 0.2) is 30.5 Å². The van der Waals surface area contributed by atoms with E-state index in [1.54, 1.807) is 19.1 Å². The predicted molar refractivity (Wildman–Crippen MR) is 77.6 cm³/mol. The van der Waals surface area contributed by atoms with E-state index in [1.165, 1.54) is 29.7 Å². The van der Waals surface area contributed by atoms with Crippen LogP contribution < -0.4 is 5.32 Å². The van der Waals surface area contributed by atoms with Crippen molar-refractivity contribution in [2.75, 3.05) is 0 Å². The second kappa shape index (κ2) is 6.36. The molecule has 0 saturated carbocycles. The molecule has 0 aliphatic carbocycles. The van der Waals surface area contributed by atoms with Crippen LogP contribution in [0, 0.1) is 6.92 Å². The largest absolute Gasteiger partial charge is 0.508 e. The van der Waals surface area contributed by atoms with Gasteiger partial charge in [0.15, 0.2) is 0 Å². The molecule has 0 unspecified atom stereocenters. The van der Waals surface area contributed by atoms with E-state index >= 15 is 0 Å². The Bertz CT molecular complexity index is 651. The van der Waals surface area contributed by atoms with E-state index in [9.17, 15) is 19.8 Å². The van der Waals surface area contributed by atoms with Gasteiger partial charge in [0.25, 0.3) is 5.91 Å². The lowest BCUT2D eigenvalue weighted by atomic mass is 10.1. The first-order valence-corrected chi connectivity index (χ1v) is 7.01. The van der Waals surface area contributed by atoms with E-state index in [-0.39, 0.29) is 12.2 Å². The number of nitrogens with zero attached hydrogens (tertiary/aromatic N) is 1. The van der Waals surface area contributed by atoms with E-state index < -0.39 is 17.9 Å². The number of phenolic OH excluding ortho intramolecular Hbond substituents is 1. The van der Waals surface area contributed by atoms with Gasteiger partial charge in [0.2, 0.25) is 0 Å². The van der Waals surface area contributed by atoms with E-state index in [2.05, 4.69) is 10.3 Å². The van der Waals surface area contributed by atoms with Crippen LogP contribution in [-0.4, -0.2) is 33.1 Å². The Labute approximate surface area is 125 Å². The van der Waals surface area contributed by atoms with Crippen molar-refractivity contribution < 1.29 is 19.8 Å². The standard InChI is InChI=1S/C14H14N2O4S/c1-8-15-7-12(21-8)13(18)16-11(14(19)20)6-9-2-4-10(17)5-3-9/h2-5,7,11,17H,6H2,1H3,(H,16,18)(H,19,20)/t11-/m1/s1. The molecule has 110 valence electrons. The van der Waals surface area contributed by atoms with Crippen LogP contribution in [0.3, 0.4) is 0 Å². The van der Waals surface area contributed by atoms with Gasteiger partial charge in [-0.2, -0.15) is 0 Å². The number of hydrogen-bond acceptors (Lipinski definition) is 5.